The van der Waals surface area contributed by atoms with E-state index in [-0.39, 0.29) is 11.4 Å². The Balaban J connectivity index is 1.45. The Labute approximate surface area is 186 Å². The van der Waals surface area contributed by atoms with Crippen molar-refractivity contribution >= 4 is 39.7 Å². The van der Waals surface area contributed by atoms with Gasteiger partial charge in [-0.2, -0.15) is 0 Å². The second-order valence-electron chi connectivity index (χ2n) is 8.52. The molecule has 1 aromatic carbocycles. The van der Waals surface area contributed by atoms with Crippen LogP contribution in [0, 0.1) is 0 Å². The van der Waals surface area contributed by atoms with E-state index < -0.39 is 0 Å². The van der Waals surface area contributed by atoms with Gasteiger partial charge >= 0.3 is 0 Å². The van der Waals surface area contributed by atoms with Crippen LogP contribution in [-0.4, -0.2) is 45.5 Å². The number of likely N-dealkylation sites (tertiary alicyclic amines) is 1. The summed E-state index contributed by atoms with van der Waals surface area (Å²) in [4.78, 5) is 20.4. The van der Waals surface area contributed by atoms with Crippen molar-refractivity contribution in [1.29, 1.82) is 0 Å². The molecule has 1 N–H and O–H groups in total. The first-order valence-electron chi connectivity index (χ1n) is 10.9. The highest BCUT2D eigenvalue weighted by atomic mass is 35.5. The van der Waals surface area contributed by atoms with E-state index in [2.05, 4.69) is 15.2 Å². The Morgan fingerprint density at radius 1 is 1.17 bits per heavy atom. The third kappa shape index (κ3) is 3.55. The number of fused-ring (bicyclic) bond motifs is 1. The number of carbonyl (C=O) groups is 1. The molecule has 5 nitrogen and oxygen atoms in total. The largest absolute Gasteiger partial charge is 0.350 e. The molecule has 1 saturated heterocycles. The van der Waals surface area contributed by atoms with E-state index in [0.29, 0.717) is 17.1 Å². The second-order valence-corrected chi connectivity index (χ2v) is 9.80. The quantitative estimate of drug-likeness (QED) is 0.585. The first-order valence-corrected chi connectivity index (χ1v) is 12.2. The molecule has 1 saturated carbocycles. The van der Waals surface area contributed by atoms with Gasteiger partial charge < -0.3 is 5.32 Å². The van der Waals surface area contributed by atoms with E-state index >= 15 is 0 Å². The smallest absolute Gasteiger partial charge is 0.253 e. The molecule has 1 amide bonds. The van der Waals surface area contributed by atoms with Crippen LogP contribution in [0.25, 0.3) is 16.0 Å². The summed E-state index contributed by atoms with van der Waals surface area (Å²) in [5.74, 6) is -0.0486. The van der Waals surface area contributed by atoms with Gasteiger partial charge in [0.05, 0.1) is 16.1 Å². The molecule has 0 radical (unpaired) electrons. The average Bonchev–Trinajstić information content (AvgIpc) is 3.53. The van der Waals surface area contributed by atoms with Gasteiger partial charge in [-0.05, 0) is 50.9 Å². The normalized spacial score (nSPS) is 19.4. The van der Waals surface area contributed by atoms with E-state index in [1.807, 2.05) is 34.3 Å². The number of halogens is 1. The predicted octanol–water partition coefficient (Wildman–Crippen LogP) is 5.27. The third-order valence-electron chi connectivity index (χ3n) is 6.79. The summed E-state index contributed by atoms with van der Waals surface area (Å²) in [7, 11) is 0. The lowest BCUT2D eigenvalue weighted by atomic mass is 9.80. The number of aromatic nitrogens is 2. The van der Waals surface area contributed by atoms with Crippen molar-refractivity contribution in [3.63, 3.8) is 0 Å². The minimum atomic E-state index is -0.0486. The zero-order chi connectivity index (χ0) is 20.6. The number of nitrogens with one attached hydrogen (secondary N) is 1. The minimum absolute atomic E-state index is 0.0486. The summed E-state index contributed by atoms with van der Waals surface area (Å²) in [6.07, 6.45) is 12.4. The second kappa shape index (κ2) is 8.33. The number of rotatable bonds is 5. The number of hydrogen-bond acceptors (Lipinski definition) is 4. The van der Waals surface area contributed by atoms with E-state index in [1.165, 1.54) is 44.9 Å². The van der Waals surface area contributed by atoms with Crippen molar-refractivity contribution < 1.29 is 4.79 Å². The Bertz CT molecular complexity index is 1030. The Morgan fingerprint density at radius 2 is 1.97 bits per heavy atom. The topological polar surface area (TPSA) is 50.2 Å². The van der Waals surface area contributed by atoms with E-state index in [1.54, 1.807) is 17.5 Å². The van der Waals surface area contributed by atoms with Gasteiger partial charge in [0.25, 0.3) is 5.91 Å². The SMILES string of the molecule is O=C(NCC1(N2CCCC2)CCCCC1)c1cn(-c2nccs2)c2cccc(Cl)c12. The predicted molar refractivity (Wildman–Crippen MR) is 123 cm³/mol. The van der Waals surface area contributed by atoms with Gasteiger partial charge in [0.2, 0.25) is 0 Å². The zero-order valence-electron chi connectivity index (χ0n) is 17.1. The molecular formula is C23H27ClN4OS. The molecule has 0 spiro atoms. The van der Waals surface area contributed by atoms with Crippen LogP contribution < -0.4 is 5.32 Å². The van der Waals surface area contributed by atoms with Crippen molar-refractivity contribution in [3.8, 4) is 5.13 Å². The first-order chi connectivity index (χ1) is 14.7. The van der Waals surface area contributed by atoms with Crippen LogP contribution >= 0.6 is 22.9 Å². The lowest BCUT2D eigenvalue weighted by molar-refractivity contribution is 0.0653. The molecule has 1 aliphatic carbocycles. The van der Waals surface area contributed by atoms with E-state index in [9.17, 15) is 4.79 Å². The van der Waals surface area contributed by atoms with Crippen LogP contribution in [0.15, 0.2) is 36.0 Å². The van der Waals surface area contributed by atoms with Crippen molar-refractivity contribution in [1.82, 2.24) is 19.8 Å². The van der Waals surface area contributed by atoms with Crippen molar-refractivity contribution in [2.75, 3.05) is 19.6 Å². The summed E-state index contributed by atoms with van der Waals surface area (Å²) >= 11 is 8.09. The van der Waals surface area contributed by atoms with Crippen LogP contribution in [0.1, 0.15) is 55.3 Å². The lowest BCUT2D eigenvalue weighted by Crippen LogP contribution is -2.55. The van der Waals surface area contributed by atoms with Crippen molar-refractivity contribution in [2.45, 2.75) is 50.5 Å². The van der Waals surface area contributed by atoms with Crippen LogP contribution in [0.5, 0.6) is 0 Å². The minimum Gasteiger partial charge on any atom is -0.350 e. The van der Waals surface area contributed by atoms with Gasteiger partial charge in [0, 0.05) is 35.2 Å². The number of nitrogens with zero attached hydrogens (tertiary/aromatic N) is 3. The van der Waals surface area contributed by atoms with Gasteiger partial charge in [-0.3, -0.25) is 14.3 Å². The molecule has 2 fully saturated rings. The molecule has 5 rings (SSSR count). The van der Waals surface area contributed by atoms with Gasteiger partial charge in [0.1, 0.15) is 0 Å². The summed E-state index contributed by atoms with van der Waals surface area (Å²) in [6, 6.07) is 5.76. The van der Waals surface area contributed by atoms with E-state index in [0.717, 1.165) is 29.1 Å². The Morgan fingerprint density at radius 3 is 2.70 bits per heavy atom. The van der Waals surface area contributed by atoms with Crippen LogP contribution in [0.2, 0.25) is 5.02 Å². The summed E-state index contributed by atoms with van der Waals surface area (Å²) in [5.41, 5.74) is 1.65. The number of thiazole rings is 1. The van der Waals surface area contributed by atoms with Crippen molar-refractivity contribution in [3.05, 3.63) is 46.6 Å². The maximum atomic E-state index is 13.4. The fourth-order valence-electron chi connectivity index (χ4n) is 5.25. The van der Waals surface area contributed by atoms with Crippen LogP contribution in [0.4, 0.5) is 0 Å². The first kappa shape index (κ1) is 20.0. The maximum Gasteiger partial charge on any atom is 0.253 e. The number of carbonyl (C=O) groups excluding carboxylic acids is 1. The molecule has 1 aliphatic heterocycles. The monoisotopic (exact) mass is 442 g/mol. The number of hydrogen-bond donors (Lipinski definition) is 1. The zero-order valence-corrected chi connectivity index (χ0v) is 18.6. The summed E-state index contributed by atoms with van der Waals surface area (Å²) in [5, 5.41) is 7.46. The summed E-state index contributed by atoms with van der Waals surface area (Å²) < 4.78 is 1.97. The molecule has 0 bridgehead atoms. The highest BCUT2D eigenvalue weighted by Crippen LogP contribution is 2.36. The highest BCUT2D eigenvalue weighted by molar-refractivity contribution is 7.12. The fourth-order valence-corrected chi connectivity index (χ4v) is 6.16. The molecule has 3 heterocycles. The average molecular weight is 443 g/mol. The molecular weight excluding hydrogens is 416 g/mol. The molecule has 0 unspecified atom stereocenters. The molecule has 158 valence electrons. The molecule has 0 atom stereocenters. The highest BCUT2D eigenvalue weighted by Gasteiger charge is 2.39. The van der Waals surface area contributed by atoms with Crippen molar-refractivity contribution in [2.24, 2.45) is 0 Å². The fraction of sp³-hybridized carbons (Fsp3) is 0.478. The molecule has 2 aromatic heterocycles. The van der Waals surface area contributed by atoms with Crippen LogP contribution in [-0.2, 0) is 0 Å². The number of amides is 1. The van der Waals surface area contributed by atoms with Crippen LogP contribution in [0.3, 0.4) is 0 Å². The molecule has 2 aliphatic rings. The lowest BCUT2D eigenvalue weighted by Gasteiger charge is -2.45. The van der Waals surface area contributed by atoms with Gasteiger partial charge in [-0.15, -0.1) is 11.3 Å². The molecule has 7 heteroatoms. The molecule has 3 aromatic rings. The molecule has 30 heavy (non-hydrogen) atoms. The standard InChI is InChI=1S/C23H27ClN4OS/c24-18-7-6-8-19-20(18)17(15-28(19)22-25-11-14-30-22)21(29)26-16-23(9-2-1-3-10-23)27-12-4-5-13-27/h6-8,11,14-15H,1-5,9-10,12-13,16H2,(H,26,29). The van der Waals surface area contributed by atoms with Gasteiger partial charge in [0.15, 0.2) is 5.13 Å². The Hall–Kier alpha value is -1.89. The third-order valence-corrected chi connectivity index (χ3v) is 7.87. The maximum absolute atomic E-state index is 13.4. The Kier molecular flexibility index (Phi) is 5.56. The number of benzene rings is 1. The van der Waals surface area contributed by atoms with Gasteiger partial charge in [-0.25, -0.2) is 4.98 Å². The van der Waals surface area contributed by atoms with E-state index in [4.69, 9.17) is 11.6 Å². The van der Waals surface area contributed by atoms with Gasteiger partial charge in [-0.1, -0.05) is 36.9 Å². The summed E-state index contributed by atoms with van der Waals surface area (Å²) in [6.45, 7) is 3.02.